The van der Waals surface area contributed by atoms with Gasteiger partial charge in [0, 0.05) is 33.2 Å². The van der Waals surface area contributed by atoms with Crippen molar-refractivity contribution in [3.05, 3.63) is 12.5 Å². The third-order valence-electron chi connectivity index (χ3n) is 4.63. The molecule has 0 radical (unpaired) electrons. The summed E-state index contributed by atoms with van der Waals surface area (Å²) in [7, 11) is 1.88. The van der Waals surface area contributed by atoms with Crippen LogP contribution in [0.25, 0.3) is 11.0 Å². The monoisotopic (exact) mass is 502 g/mol. The first kappa shape index (κ1) is 24.4. The van der Waals surface area contributed by atoms with Gasteiger partial charge in [0.1, 0.15) is 12.1 Å². The number of guanidine groups is 1. The Morgan fingerprint density at radius 2 is 2.00 bits per heavy atom. The Labute approximate surface area is 185 Å². The number of fused-ring (bicyclic) bond motifs is 1. The normalized spacial score (nSPS) is 12.5. The van der Waals surface area contributed by atoms with Crippen LogP contribution in [0, 0.1) is 5.92 Å². The van der Waals surface area contributed by atoms with Crippen LogP contribution < -0.4 is 16.0 Å². The summed E-state index contributed by atoms with van der Waals surface area (Å²) >= 11 is 0. The van der Waals surface area contributed by atoms with Gasteiger partial charge in [0.15, 0.2) is 11.6 Å². The van der Waals surface area contributed by atoms with Crippen molar-refractivity contribution in [1.82, 2.24) is 30.4 Å². The molecule has 158 valence electrons. The van der Waals surface area contributed by atoms with Crippen LogP contribution in [0.4, 0.5) is 5.82 Å². The molecule has 0 aromatic carbocycles. The van der Waals surface area contributed by atoms with Crippen molar-refractivity contribution >= 4 is 46.8 Å². The molecule has 2 aromatic rings. The third-order valence-corrected chi connectivity index (χ3v) is 4.63. The van der Waals surface area contributed by atoms with E-state index in [0.29, 0.717) is 5.92 Å². The minimum atomic E-state index is 0. The minimum Gasteiger partial charge on any atom is -0.368 e. The molecule has 1 atom stereocenters. The third kappa shape index (κ3) is 7.40. The molecule has 9 heteroatoms. The Bertz CT molecular complexity index is 715. The standard InChI is InChI=1S/C19H34N8.HI/c1-5-8-9-15(6-2)12-23-19(20-7-3)22-11-10-21-17-16-13-26-27(4)18(16)25-14-24-17;/h13-15H,5-12H2,1-4H3,(H2,20,22,23)(H,21,24,25);1H. The lowest BCUT2D eigenvalue weighted by Gasteiger charge is -2.15. The molecule has 1 unspecified atom stereocenters. The van der Waals surface area contributed by atoms with E-state index in [1.807, 2.05) is 7.05 Å². The summed E-state index contributed by atoms with van der Waals surface area (Å²) in [5.41, 5.74) is 0.827. The largest absolute Gasteiger partial charge is 0.368 e. The van der Waals surface area contributed by atoms with Gasteiger partial charge in [0.05, 0.1) is 11.6 Å². The van der Waals surface area contributed by atoms with E-state index < -0.39 is 0 Å². The van der Waals surface area contributed by atoms with Gasteiger partial charge in [-0.3, -0.25) is 9.67 Å². The first-order valence-electron chi connectivity index (χ1n) is 10.1. The van der Waals surface area contributed by atoms with Gasteiger partial charge in [-0.2, -0.15) is 5.10 Å². The smallest absolute Gasteiger partial charge is 0.191 e. The maximum absolute atomic E-state index is 4.76. The number of hydrogen-bond donors (Lipinski definition) is 3. The second kappa shape index (κ2) is 13.5. The predicted octanol–water partition coefficient (Wildman–Crippen LogP) is 3.16. The number of rotatable bonds is 11. The van der Waals surface area contributed by atoms with Crippen molar-refractivity contribution in [2.75, 3.05) is 31.5 Å². The van der Waals surface area contributed by atoms with Gasteiger partial charge in [-0.05, 0) is 19.3 Å². The maximum atomic E-state index is 4.76. The molecule has 0 amide bonds. The van der Waals surface area contributed by atoms with E-state index in [1.165, 1.54) is 25.7 Å². The lowest BCUT2D eigenvalue weighted by Crippen LogP contribution is -2.40. The fraction of sp³-hybridized carbons (Fsp3) is 0.684. The molecule has 2 rings (SSSR count). The number of unbranched alkanes of at least 4 members (excludes halogenated alkanes) is 1. The number of nitrogens with one attached hydrogen (secondary N) is 3. The SMILES string of the molecule is CCCCC(CC)CN=C(NCC)NCCNc1ncnc2c1cnn2C.I. The van der Waals surface area contributed by atoms with Crippen LogP contribution in [-0.2, 0) is 7.05 Å². The first-order chi connectivity index (χ1) is 13.2. The second-order valence-electron chi connectivity index (χ2n) is 6.72. The van der Waals surface area contributed by atoms with Gasteiger partial charge in [0.2, 0.25) is 0 Å². The topological polar surface area (TPSA) is 92.1 Å². The van der Waals surface area contributed by atoms with E-state index in [-0.39, 0.29) is 24.0 Å². The summed E-state index contributed by atoms with van der Waals surface area (Å²) in [6.45, 7) is 9.80. The molecule has 0 saturated carbocycles. The summed E-state index contributed by atoms with van der Waals surface area (Å²) in [4.78, 5) is 13.3. The molecule has 8 nitrogen and oxygen atoms in total. The Kier molecular flexibility index (Phi) is 11.8. The lowest BCUT2D eigenvalue weighted by atomic mass is 10.00. The van der Waals surface area contributed by atoms with Gasteiger partial charge in [-0.25, -0.2) is 9.97 Å². The van der Waals surface area contributed by atoms with E-state index in [4.69, 9.17) is 4.99 Å². The van der Waals surface area contributed by atoms with Crippen molar-refractivity contribution in [1.29, 1.82) is 0 Å². The summed E-state index contributed by atoms with van der Waals surface area (Å²) in [6.07, 6.45) is 8.32. The van der Waals surface area contributed by atoms with Crippen LogP contribution in [0.5, 0.6) is 0 Å². The molecule has 2 aromatic heterocycles. The average molecular weight is 502 g/mol. The van der Waals surface area contributed by atoms with Crippen LogP contribution in [0.2, 0.25) is 0 Å². The Hall–Kier alpha value is -1.65. The van der Waals surface area contributed by atoms with Crippen molar-refractivity contribution in [3.63, 3.8) is 0 Å². The molecule has 0 bridgehead atoms. The summed E-state index contributed by atoms with van der Waals surface area (Å²) in [6, 6.07) is 0. The van der Waals surface area contributed by atoms with Gasteiger partial charge in [0.25, 0.3) is 0 Å². The van der Waals surface area contributed by atoms with E-state index in [9.17, 15) is 0 Å². The number of nitrogens with zero attached hydrogens (tertiary/aromatic N) is 5. The zero-order valence-corrected chi connectivity index (χ0v) is 19.9. The van der Waals surface area contributed by atoms with Crippen LogP contribution in [0.3, 0.4) is 0 Å². The average Bonchev–Trinajstić information content (AvgIpc) is 3.07. The Morgan fingerprint density at radius 1 is 1.18 bits per heavy atom. The van der Waals surface area contributed by atoms with E-state index >= 15 is 0 Å². The van der Waals surface area contributed by atoms with Gasteiger partial charge < -0.3 is 16.0 Å². The molecule has 3 N–H and O–H groups in total. The second-order valence-corrected chi connectivity index (χ2v) is 6.72. The highest BCUT2D eigenvalue weighted by molar-refractivity contribution is 14.0. The Balaban J connectivity index is 0.00000392. The van der Waals surface area contributed by atoms with E-state index in [1.54, 1.807) is 17.2 Å². The highest BCUT2D eigenvalue weighted by Crippen LogP contribution is 2.17. The molecule has 0 spiro atoms. The zero-order chi connectivity index (χ0) is 19.5. The zero-order valence-electron chi connectivity index (χ0n) is 17.5. The maximum Gasteiger partial charge on any atom is 0.191 e. The summed E-state index contributed by atoms with van der Waals surface area (Å²) < 4.78 is 1.75. The quantitative estimate of drug-likeness (QED) is 0.189. The number of anilines is 1. The molecule has 0 saturated heterocycles. The van der Waals surface area contributed by atoms with Crippen LogP contribution >= 0.6 is 24.0 Å². The Morgan fingerprint density at radius 3 is 2.71 bits per heavy atom. The fourth-order valence-electron chi connectivity index (χ4n) is 2.94. The predicted molar refractivity (Wildman–Crippen MR) is 127 cm³/mol. The number of aromatic nitrogens is 4. The van der Waals surface area contributed by atoms with Crippen LogP contribution in [-0.4, -0.2) is 51.9 Å². The lowest BCUT2D eigenvalue weighted by molar-refractivity contribution is 0.461. The molecule has 0 aliphatic carbocycles. The molecule has 2 heterocycles. The van der Waals surface area contributed by atoms with Gasteiger partial charge in [-0.15, -0.1) is 24.0 Å². The van der Waals surface area contributed by atoms with E-state index in [2.05, 4.69) is 51.8 Å². The van der Waals surface area contributed by atoms with Crippen LogP contribution in [0.15, 0.2) is 17.5 Å². The fourth-order valence-corrected chi connectivity index (χ4v) is 2.94. The minimum absolute atomic E-state index is 0. The highest BCUT2D eigenvalue weighted by atomic mass is 127. The van der Waals surface area contributed by atoms with E-state index in [0.717, 1.165) is 49.0 Å². The summed E-state index contributed by atoms with van der Waals surface area (Å²) in [5.74, 6) is 2.35. The number of aliphatic imine (C=N–C) groups is 1. The van der Waals surface area contributed by atoms with Gasteiger partial charge in [-0.1, -0.05) is 33.1 Å². The van der Waals surface area contributed by atoms with Crippen molar-refractivity contribution < 1.29 is 0 Å². The number of hydrogen-bond acceptors (Lipinski definition) is 5. The molecule has 0 aliphatic rings. The molecule has 0 aliphatic heterocycles. The van der Waals surface area contributed by atoms with Crippen molar-refractivity contribution in [3.8, 4) is 0 Å². The molecule has 28 heavy (non-hydrogen) atoms. The highest BCUT2D eigenvalue weighted by Gasteiger charge is 2.08. The van der Waals surface area contributed by atoms with Crippen molar-refractivity contribution in [2.24, 2.45) is 18.0 Å². The van der Waals surface area contributed by atoms with Gasteiger partial charge >= 0.3 is 0 Å². The van der Waals surface area contributed by atoms with Crippen molar-refractivity contribution in [2.45, 2.75) is 46.5 Å². The number of halogens is 1. The summed E-state index contributed by atoms with van der Waals surface area (Å²) in [5, 5.41) is 15.2. The molecule has 0 fully saturated rings. The molecular weight excluding hydrogens is 467 g/mol. The number of aryl methyl sites for hydroxylation is 1. The van der Waals surface area contributed by atoms with Crippen LogP contribution in [0.1, 0.15) is 46.5 Å². The molecular formula is C19H35IN8. The first-order valence-corrected chi connectivity index (χ1v) is 10.1.